The molecule has 1 heterocycles. The van der Waals surface area contributed by atoms with Gasteiger partial charge in [-0.25, -0.2) is 0 Å². The summed E-state index contributed by atoms with van der Waals surface area (Å²) in [5.74, 6) is 0.534. The lowest BCUT2D eigenvalue weighted by Crippen LogP contribution is -2.42. The van der Waals surface area contributed by atoms with Crippen LogP contribution in [-0.4, -0.2) is 53.0 Å². The molecule has 0 saturated carbocycles. The number of nitrogens with one attached hydrogen (secondary N) is 1. The van der Waals surface area contributed by atoms with Crippen LogP contribution in [0.1, 0.15) is 30.1 Å². The molecule has 0 spiro atoms. The molecule has 0 aromatic heterocycles. The molecule has 23 heavy (non-hydrogen) atoms. The van der Waals surface area contributed by atoms with Crippen LogP contribution >= 0.6 is 11.8 Å². The zero-order valence-electron chi connectivity index (χ0n) is 13.6. The summed E-state index contributed by atoms with van der Waals surface area (Å²) in [6, 6.07) is 6.99. The maximum Gasteiger partial charge on any atom is 0.254 e. The summed E-state index contributed by atoms with van der Waals surface area (Å²) in [5.41, 5.74) is 1.17. The third-order valence-electron chi connectivity index (χ3n) is 3.93. The van der Waals surface area contributed by atoms with Crippen LogP contribution in [0.5, 0.6) is 0 Å². The molecular formula is C17H24N2O3S. The molecule has 2 rings (SSSR count). The van der Waals surface area contributed by atoms with E-state index in [0.29, 0.717) is 24.3 Å². The Morgan fingerprint density at radius 2 is 2.26 bits per heavy atom. The highest BCUT2D eigenvalue weighted by Gasteiger charge is 2.23. The van der Waals surface area contributed by atoms with E-state index < -0.39 is 6.10 Å². The standard InChI is InChI=1S/C17H24N2O3S/c1-12(11-23-2)16(21)18-14-6-3-5-13(9-14)17(22)19-8-4-7-15(20)10-19/h3,5-6,9,12,15,20H,4,7-8,10-11H2,1-2H3,(H,18,21)/t12-,15-/m0/s1. The van der Waals surface area contributed by atoms with Gasteiger partial charge in [-0.05, 0) is 37.3 Å². The van der Waals surface area contributed by atoms with Gasteiger partial charge in [-0.15, -0.1) is 0 Å². The average Bonchev–Trinajstić information content (AvgIpc) is 2.54. The molecule has 1 saturated heterocycles. The predicted octanol–water partition coefficient (Wildman–Crippen LogP) is 2.22. The van der Waals surface area contributed by atoms with Crippen LogP contribution in [0.15, 0.2) is 24.3 Å². The van der Waals surface area contributed by atoms with E-state index in [2.05, 4.69) is 5.32 Å². The highest BCUT2D eigenvalue weighted by Crippen LogP contribution is 2.17. The molecule has 1 aliphatic heterocycles. The molecule has 1 aliphatic rings. The van der Waals surface area contributed by atoms with Gasteiger partial charge >= 0.3 is 0 Å². The number of amides is 2. The minimum Gasteiger partial charge on any atom is -0.391 e. The quantitative estimate of drug-likeness (QED) is 0.865. The molecule has 0 aliphatic carbocycles. The number of hydrogen-bond acceptors (Lipinski definition) is 4. The van der Waals surface area contributed by atoms with Gasteiger partial charge in [0.05, 0.1) is 6.10 Å². The first kappa shape index (κ1) is 17.8. The van der Waals surface area contributed by atoms with Gasteiger partial charge in [0, 0.05) is 36.0 Å². The van der Waals surface area contributed by atoms with Crippen molar-refractivity contribution in [1.82, 2.24) is 4.90 Å². The van der Waals surface area contributed by atoms with Crippen LogP contribution < -0.4 is 5.32 Å². The van der Waals surface area contributed by atoms with Crippen molar-refractivity contribution in [2.24, 2.45) is 5.92 Å². The Bertz CT molecular complexity index is 565. The summed E-state index contributed by atoms with van der Waals surface area (Å²) in [5, 5.41) is 12.6. The third-order valence-corrected chi connectivity index (χ3v) is 4.76. The van der Waals surface area contributed by atoms with Crippen molar-refractivity contribution < 1.29 is 14.7 Å². The first-order chi connectivity index (χ1) is 11.0. The summed E-state index contributed by atoms with van der Waals surface area (Å²) in [7, 11) is 0. The predicted molar refractivity (Wildman–Crippen MR) is 93.8 cm³/mol. The zero-order valence-corrected chi connectivity index (χ0v) is 14.4. The van der Waals surface area contributed by atoms with Crippen molar-refractivity contribution in [3.8, 4) is 0 Å². The Morgan fingerprint density at radius 3 is 2.96 bits per heavy atom. The minimum atomic E-state index is -0.442. The van der Waals surface area contributed by atoms with E-state index in [1.165, 1.54) is 0 Å². The molecule has 126 valence electrons. The van der Waals surface area contributed by atoms with Crippen molar-refractivity contribution in [3.63, 3.8) is 0 Å². The van der Waals surface area contributed by atoms with Gasteiger partial charge in [0.25, 0.3) is 5.91 Å². The lowest BCUT2D eigenvalue weighted by Gasteiger charge is -2.30. The molecule has 1 aromatic rings. The summed E-state index contributed by atoms with van der Waals surface area (Å²) in [4.78, 5) is 26.3. The van der Waals surface area contributed by atoms with Crippen molar-refractivity contribution in [3.05, 3.63) is 29.8 Å². The summed E-state index contributed by atoms with van der Waals surface area (Å²) in [6.07, 6.45) is 3.08. The lowest BCUT2D eigenvalue weighted by atomic mass is 10.1. The Morgan fingerprint density at radius 1 is 1.48 bits per heavy atom. The van der Waals surface area contributed by atoms with Crippen LogP contribution in [0.4, 0.5) is 5.69 Å². The Hall–Kier alpha value is -1.53. The number of rotatable bonds is 5. The summed E-state index contributed by atoms with van der Waals surface area (Å²) >= 11 is 1.63. The van der Waals surface area contributed by atoms with Crippen molar-refractivity contribution >= 4 is 29.3 Å². The van der Waals surface area contributed by atoms with E-state index in [1.54, 1.807) is 40.9 Å². The fourth-order valence-corrected chi connectivity index (χ4v) is 3.29. The molecular weight excluding hydrogens is 312 g/mol. The van der Waals surface area contributed by atoms with Gasteiger partial charge in [0.15, 0.2) is 0 Å². The first-order valence-electron chi connectivity index (χ1n) is 7.88. The second-order valence-corrected chi connectivity index (χ2v) is 6.88. The maximum atomic E-state index is 12.5. The molecule has 0 unspecified atom stereocenters. The second-order valence-electron chi connectivity index (χ2n) is 5.97. The minimum absolute atomic E-state index is 0.0441. The van der Waals surface area contributed by atoms with Crippen molar-refractivity contribution in [2.45, 2.75) is 25.9 Å². The number of thioether (sulfide) groups is 1. The third kappa shape index (κ3) is 4.97. The summed E-state index contributed by atoms with van der Waals surface area (Å²) in [6.45, 7) is 2.92. The van der Waals surface area contributed by atoms with Crippen LogP contribution in [-0.2, 0) is 4.79 Å². The molecule has 0 radical (unpaired) electrons. The van der Waals surface area contributed by atoms with Gasteiger partial charge in [-0.2, -0.15) is 11.8 Å². The fourth-order valence-electron chi connectivity index (χ4n) is 2.64. The van der Waals surface area contributed by atoms with E-state index >= 15 is 0 Å². The normalized spacial score (nSPS) is 19.3. The van der Waals surface area contributed by atoms with Gasteiger partial charge in [0.2, 0.25) is 5.91 Å². The SMILES string of the molecule is CSC[C@H](C)C(=O)Nc1cccc(C(=O)N2CCC[C@H](O)C2)c1. The fraction of sp³-hybridized carbons (Fsp3) is 0.529. The van der Waals surface area contributed by atoms with Gasteiger partial charge in [-0.1, -0.05) is 13.0 Å². The molecule has 5 nitrogen and oxygen atoms in total. The Labute approximate surface area is 141 Å². The number of β-amino-alcohol motifs (C(OH)–C–C–N with tert-alkyl or cyclic N) is 1. The monoisotopic (exact) mass is 336 g/mol. The smallest absolute Gasteiger partial charge is 0.254 e. The number of benzene rings is 1. The number of nitrogens with zero attached hydrogens (tertiary/aromatic N) is 1. The van der Waals surface area contributed by atoms with E-state index in [0.717, 1.165) is 18.6 Å². The first-order valence-corrected chi connectivity index (χ1v) is 9.28. The number of piperidine rings is 1. The Kier molecular flexibility index (Phi) is 6.47. The molecule has 0 bridgehead atoms. The van der Waals surface area contributed by atoms with E-state index in [-0.39, 0.29) is 17.7 Å². The molecule has 2 amide bonds. The van der Waals surface area contributed by atoms with Crippen LogP contribution in [0.3, 0.4) is 0 Å². The summed E-state index contributed by atoms with van der Waals surface area (Å²) < 4.78 is 0. The molecule has 1 fully saturated rings. The van der Waals surface area contributed by atoms with Crippen LogP contribution in [0, 0.1) is 5.92 Å². The van der Waals surface area contributed by atoms with Crippen molar-refractivity contribution in [2.75, 3.05) is 30.4 Å². The van der Waals surface area contributed by atoms with E-state index in [1.807, 2.05) is 13.2 Å². The number of hydrogen-bond donors (Lipinski definition) is 2. The van der Waals surface area contributed by atoms with Gasteiger partial charge < -0.3 is 15.3 Å². The van der Waals surface area contributed by atoms with Crippen LogP contribution in [0.25, 0.3) is 0 Å². The molecule has 1 aromatic carbocycles. The zero-order chi connectivity index (χ0) is 16.8. The largest absolute Gasteiger partial charge is 0.391 e. The van der Waals surface area contributed by atoms with Crippen LogP contribution in [0.2, 0.25) is 0 Å². The topological polar surface area (TPSA) is 69.6 Å². The number of carbonyl (C=O) groups excluding carboxylic acids is 2. The molecule has 2 atom stereocenters. The highest BCUT2D eigenvalue weighted by atomic mass is 32.2. The Balaban J connectivity index is 2.04. The average molecular weight is 336 g/mol. The number of aliphatic hydroxyl groups is 1. The second kappa shape index (κ2) is 8.36. The molecule has 2 N–H and O–H groups in total. The molecule has 6 heteroatoms. The number of aliphatic hydroxyl groups excluding tert-OH is 1. The van der Waals surface area contributed by atoms with E-state index in [4.69, 9.17) is 0 Å². The van der Waals surface area contributed by atoms with Crippen molar-refractivity contribution in [1.29, 1.82) is 0 Å². The lowest BCUT2D eigenvalue weighted by molar-refractivity contribution is -0.118. The number of likely N-dealkylation sites (tertiary alicyclic amines) is 1. The van der Waals surface area contributed by atoms with Gasteiger partial charge in [0.1, 0.15) is 0 Å². The number of anilines is 1. The van der Waals surface area contributed by atoms with E-state index in [9.17, 15) is 14.7 Å². The number of carbonyl (C=O) groups is 2. The van der Waals surface area contributed by atoms with Gasteiger partial charge in [-0.3, -0.25) is 9.59 Å². The highest BCUT2D eigenvalue weighted by molar-refractivity contribution is 7.98. The maximum absolute atomic E-state index is 12.5.